The van der Waals surface area contributed by atoms with Gasteiger partial charge < -0.3 is 9.64 Å². The van der Waals surface area contributed by atoms with Crippen LogP contribution in [-0.4, -0.2) is 42.3 Å². The van der Waals surface area contributed by atoms with E-state index < -0.39 is 0 Å². The minimum absolute atomic E-state index is 0.0543. The van der Waals surface area contributed by atoms with Crippen LogP contribution in [-0.2, 0) is 14.4 Å². The Morgan fingerprint density at radius 2 is 1.53 bits per heavy atom. The number of nitrogens with zero attached hydrogens (tertiary/aromatic N) is 1. The SMILES string of the molecule is O=C(CC12CC3CC(CC(C3)C1)C2)NNC(=O)C1CCN(C(=O)CCOc2ccccc2)CC1. The van der Waals surface area contributed by atoms with Crippen LogP contribution in [0, 0.1) is 29.1 Å². The van der Waals surface area contributed by atoms with E-state index in [-0.39, 0.29) is 29.1 Å². The number of hydrogen-bond acceptors (Lipinski definition) is 4. The zero-order chi connectivity index (χ0) is 23.5. The minimum Gasteiger partial charge on any atom is -0.493 e. The summed E-state index contributed by atoms with van der Waals surface area (Å²) in [6, 6.07) is 9.47. The topological polar surface area (TPSA) is 87.7 Å². The number of carbonyl (C=O) groups excluding carboxylic acids is 3. The van der Waals surface area contributed by atoms with Crippen molar-refractivity contribution < 1.29 is 19.1 Å². The van der Waals surface area contributed by atoms with Crippen LogP contribution < -0.4 is 15.6 Å². The molecule has 1 saturated heterocycles. The van der Waals surface area contributed by atoms with Crippen molar-refractivity contribution in [2.24, 2.45) is 29.1 Å². The standard InChI is InChI=1S/C27H37N3O4/c31-24(18-27-15-19-12-20(16-27)14-21(13-19)17-27)28-29-26(33)22-6-9-30(10-7-22)25(32)8-11-34-23-4-2-1-3-5-23/h1-5,19-22H,6-18H2,(H,28,31)(H,29,33). The number of rotatable bonds is 7. The molecule has 1 aliphatic heterocycles. The predicted molar refractivity (Wildman–Crippen MR) is 127 cm³/mol. The highest BCUT2D eigenvalue weighted by atomic mass is 16.5. The van der Waals surface area contributed by atoms with E-state index >= 15 is 0 Å². The summed E-state index contributed by atoms with van der Waals surface area (Å²) in [6.07, 6.45) is 9.72. The molecule has 0 aromatic heterocycles. The second-order valence-corrected chi connectivity index (χ2v) is 11.2. The Hall–Kier alpha value is -2.57. The predicted octanol–water partition coefficient (Wildman–Crippen LogP) is 3.45. The van der Waals surface area contributed by atoms with E-state index in [2.05, 4.69) is 10.9 Å². The molecule has 0 atom stereocenters. The minimum atomic E-state index is -0.176. The number of ether oxygens (including phenoxy) is 1. The Balaban J connectivity index is 0.997. The molecule has 6 rings (SSSR count). The third kappa shape index (κ3) is 5.39. The average molecular weight is 468 g/mol. The van der Waals surface area contributed by atoms with E-state index in [4.69, 9.17) is 4.74 Å². The first-order valence-corrected chi connectivity index (χ1v) is 13.0. The van der Waals surface area contributed by atoms with Crippen molar-refractivity contribution in [1.29, 1.82) is 0 Å². The second kappa shape index (κ2) is 9.96. The highest BCUT2D eigenvalue weighted by Crippen LogP contribution is 2.61. The van der Waals surface area contributed by atoms with Gasteiger partial charge in [0.2, 0.25) is 17.7 Å². The number of hydrogen-bond donors (Lipinski definition) is 2. The molecule has 1 aromatic carbocycles. The average Bonchev–Trinajstić information content (AvgIpc) is 2.82. The molecule has 3 amide bonds. The van der Waals surface area contributed by atoms with Gasteiger partial charge in [0.1, 0.15) is 5.75 Å². The van der Waals surface area contributed by atoms with Crippen molar-refractivity contribution in [3.05, 3.63) is 30.3 Å². The van der Waals surface area contributed by atoms with Gasteiger partial charge in [-0.1, -0.05) is 18.2 Å². The van der Waals surface area contributed by atoms with Gasteiger partial charge in [-0.15, -0.1) is 0 Å². The molecular formula is C27H37N3O4. The lowest BCUT2D eigenvalue weighted by Gasteiger charge is -2.56. The van der Waals surface area contributed by atoms with Crippen LogP contribution in [0.1, 0.15) is 64.2 Å². The van der Waals surface area contributed by atoms with Crippen LogP contribution in [0.3, 0.4) is 0 Å². The van der Waals surface area contributed by atoms with Crippen LogP contribution in [0.2, 0.25) is 0 Å². The van der Waals surface area contributed by atoms with Gasteiger partial charge in [0, 0.05) is 25.4 Å². The smallest absolute Gasteiger partial charge is 0.241 e. The Labute approximate surface area is 201 Å². The first-order valence-electron chi connectivity index (χ1n) is 13.0. The molecule has 0 radical (unpaired) electrons. The summed E-state index contributed by atoms with van der Waals surface area (Å²) in [5, 5.41) is 0. The second-order valence-electron chi connectivity index (χ2n) is 11.2. The number of piperidine rings is 1. The molecule has 0 spiro atoms. The monoisotopic (exact) mass is 467 g/mol. The van der Waals surface area contributed by atoms with Crippen LogP contribution in [0.25, 0.3) is 0 Å². The van der Waals surface area contributed by atoms with Gasteiger partial charge in [0.15, 0.2) is 0 Å². The van der Waals surface area contributed by atoms with E-state index in [1.165, 1.54) is 38.5 Å². The summed E-state index contributed by atoms with van der Waals surface area (Å²) in [5.74, 6) is 2.88. The Bertz CT molecular complexity index is 859. The molecule has 0 unspecified atom stereocenters. The molecule has 4 bridgehead atoms. The highest BCUT2D eigenvalue weighted by Gasteiger charge is 2.51. The number of likely N-dealkylation sites (tertiary alicyclic amines) is 1. The first kappa shape index (κ1) is 23.2. The van der Waals surface area contributed by atoms with Crippen LogP contribution >= 0.6 is 0 Å². The lowest BCUT2D eigenvalue weighted by atomic mass is 9.49. The van der Waals surface area contributed by atoms with Crippen LogP contribution in [0.4, 0.5) is 0 Å². The lowest BCUT2D eigenvalue weighted by molar-refractivity contribution is -0.138. The van der Waals surface area contributed by atoms with Crippen LogP contribution in [0.5, 0.6) is 5.75 Å². The third-order valence-corrected chi connectivity index (χ3v) is 8.57. The fraction of sp³-hybridized carbons (Fsp3) is 0.667. The maximum Gasteiger partial charge on any atom is 0.241 e. The van der Waals surface area contributed by atoms with Gasteiger partial charge in [-0.25, -0.2) is 0 Å². The van der Waals surface area contributed by atoms with Gasteiger partial charge in [-0.2, -0.15) is 0 Å². The Morgan fingerprint density at radius 3 is 2.15 bits per heavy atom. The van der Waals surface area contributed by atoms with Crippen molar-refractivity contribution in [3.8, 4) is 5.75 Å². The fourth-order valence-electron chi connectivity index (χ4n) is 7.45. The Morgan fingerprint density at radius 1 is 0.912 bits per heavy atom. The van der Waals surface area contributed by atoms with E-state index in [1.54, 1.807) is 0 Å². The van der Waals surface area contributed by atoms with Crippen molar-refractivity contribution in [2.75, 3.05) is 19.7 Å². The number of amides is 3. The van der Waals surface area contributed by atoms with Gasteiger partial charge in [-0.05, 0) is 86.7 Å². The summed E-state index contributed by atoms with van der Waals surface area (Å²) in [6.45, 7) is 1.46. The summed E-state index contributed by atoms with van der Waals surface area (Å²) >= 11 is 0. The third-order valence-electron chi connectivity index (χ3n) is 8.57. The molecule has 4 aliphatic carbocycles. The van der Waals surface area contributed by atoms with E-state index in [1.807, 2.05) is 35.2 Å². The van der Waals surface area contributed by atoms with Crippen molar-refractivity contribution in [1.82, 2.24) is 15.8 Å². The first-order chi connectivity index (χ1) is 16.5. The summed E-state index contributed by atoms with van der Waals surface area (Å²) in [4.78, 5) is 39.6. The lowest BCUT2D eigenvalue weighted by Crippen LogP contribution is -2.51. The molecule has 184 valence electrons. The van der Waals surface area contributed by atoms with E-state index in [0.29, 0.717) is 45.4 Å². The van der Waals surface area contributed by atoms with Crippen molar-refractivity contribution >= 4 is 17.7 Å². The zero-order valence-electron chi connectivity index (χ0n) is 20.0. The molecule has 34 heavy (non-hydrogen) atoms. The van der Waals surface area contributed by atoms with Gasteiger partial charge in [0.05, 0.1) is 13.0 Å². The van der Waals surface area contributed by atoms with Gasteiger partial charge in [0.25, 0.3) is 0 Å². The number of benzene rings is 1. The summed E-state index contributed by atoms with van der Waals surface area (Å²) < 4.78 is 5.62. The zero-order valence-corrected chi connectivity index (χ0v) is 20.0. The quantitative estimate of drug-likeness (QED) is 0.602. The molecule has 2 N–H and O–H groups in total. The normalized spacial score (nSPS) is 30.1. The molecule has 1 aromatic rings. The number of hydrazine groups is 1. The van der Waals surface area contributed by atoms with Crippen molar-refractivity contribution in [3.63, 3.8) is 0 Å². The maximum atomic E-state index is 12.7. The van der Waals surface area contributed by atoms with E-state index in [0.717, 1.165) is 23.5 Å². The molecular weight excluding hydrogens is 430 g/mol. The van der Waals surface area contributed by atoms with E-state index in [9.17, 15) is 14.4 Å². The molecule has 5 aliphatic rings. The fourth-order valence-corrected chi connectivity index (χ4v) is 7.45. The maximum absolute atomic E-state index is 12.7. The summed E-state index contributed by atoms with van der Waals surface area (Å²) in [5.41, 5.74) is 5.53. The summed E-state index contributed by atoms with van der Waals surface area (Å²) in [7, 11) is 0. The number of carbonyl (C=O) groups is 3. The molecule has 5 fully saturated rings. The number of nitrogens with one attached hydrogen (secondary N) is 2. The largest absolute Gasteiger partial charge is 0.493 e. The number of para-hydroxylation sites is 1. The molecule has 1 heterocycles. The Kier molecular flexibility index (Phi) is 6.79. The highest BCUT2D eigenvalue weighted by molar-refractivity contribution is 5.84. The van der Waals surface area contributed by atoms with Crippen molar-refractivity contribution in [2.45, 2.75) is 64.2 Å². The molecule has 4 saturated carbocycles. The molecule has 7 nitrogen and oxygen atoms in total. The van der Waals surface area contributed by atoms with Gasteiger partial charge in [-0.3, -0.25) is 25.2 Å². The van der Waals surface area contributed by atoms with Gasteiger partial charge >= 0.3 is 0 Å². The molecule has 7 heteroatoms. The van der Waals surface area contributed by atoms with Crippen LogP contribution in [0.15, 0.2) is 30.3 Å².